The highest BCUT2D eigenvalue weighted by molar-refractivity contribution is 5.62. The normalized spacial score (nSPS) is 12.3. The average Bonchev–Trinajstić information content (AvgIpc) is 2.38. The summed E-state index contributed by atoms with van der Waals surface area (Å²) in [5.41, 5.74) is 3.78. The summed E-state index contributed by atoms with van der Waals surface area (Å²) >= 11 is 0. The van der Waals surface area contributed by atoms with Crippen LogP contribution in [0.25, 0.3) is 0 Å². The van der Waals surface area contributed by atoms with E-state index in [-0.39, 0.29) is 6.61 Å². The van der Waals surface area contributed by atoms with Gasteiger partial charge in [-0.05, 0) is 38.2 Å². The Labute approximate surface area is 122 Å². The minimum absolute atomic E-state index is 0.179. The second-order valence-electron chi connectivity index (χ2n) is 5.12. The first-order valence-corrected chi connectivity index (χ1v) is 6.89. The van der Waals surface area contributed by atoms with Crippen LogP contribution >= 0.6 is 0 Å². The molecule has 0 heterocycles. The maximum atomic E-state index is 9.00. The molecule has 0 aromatic heterocycles. The zero-order valence-corrected chi connectivity index (χ0v) is 12.9. The summed E-state index contributed by atoms with van der Waals surface area (Å²) < 4.78 is 0. The van der Waals surface area contributed by atoms with Gasteiger partial charge in [0.05, 0.1) is 6.61 Å². The molecule has 0 aliphatic rings. The van der Waals surface area contributed by atoms with E-state index >= 15 is 0 Å². The van der Waals surface area contributed by atoms with Crippen LogP contribution in [0.2, 0.25) is 0 Å². The number of allylic oxidation sites excluding steroid dienone is 1. The van der Waals surface area contributed by atoms with Crippen molar-refractivity contribution in [1.29, 1.82) is 0 Å². The van der Waals surface area contributed by atoms with E-state index in [1.165, 1.54) is 11.1 Å². The Morgan fingerprint density at radius 1 is 1.25 bits per heavy atom. The maximum absolute atomic E-state index is 9.00. The molecule has 3 heteroatoms. The highest BCUT2D eigenvalue weighted by Gasteiger charge is 2.03. The molecular weight excluding hydrogens is 252 g/mol. The van der Waals surface area contributed by atoms with Crippen molar-refractivity contribution in [2.45, 2.75) is 46.5 Å². The van der Waals surface area contributed by atoms with Gasteiger partial charge in [-0.2, -0.15) is 0 Å². The first-order valence-electron chi connectivity index (χ1n) is 6.89. The summed E-state index contributed by atoms with van der Waals surface area (Å²) in [4.78, 5) is 9.00. The summed E-state index contributed by atoms with van der Waals surface area (Å²) in [7, 11) is 0. The number of hydrogen-bond donors (Lipinski definition) is 2. The SMILES string of the molecule is CC(=CCC[C@H](C)c1ccc(C)cc1)CO.CC(=O)O. The third kappa shape index (κ3) is 9.34. The van der Waals surface area contributed by atoms with Gasteiger partial charge in [0.1, 0.15) is 0 Å². The highest BCUT2D eigenvalue weighted by atomic mass is 16.4. The fourth-order valence-corrected chi connectivity index (χ4v) is 1.71. The number of aliphatic carboxylic acids is 1. The van der Waals surface area contributed by atoms with Gasteiger partial charge in [-0.1, -0.05) is 48.4 Å². The molecule has 1 aromatic carbocycles. The lowest BCUT2D eigenvalue weighted by Gasteiger charge is -2.10. The molecule has 0 spiro atoms. The van der Waals surface area contributed by atoms with Crippen LogP contribution in [0.4, 0.5) is 0 Å². The molecule has 0 saturated carbocycles. The van der Waals surface area contributed by atoms with Crippen molar-refractivity contribution in [2.75, 3.05) is 6.61 Å². The molecule has 0 aliphatic heterocycles. The molecule has 0 bridgehead atoms. The molecule has 2 N–H and O–H groups in total. The summed E-state index contributed by atoms with van der Waals surface area (Å²) in [6.07, 6.45) is 4.31. The van der Waals surface area contributed by atoms with E-state index in [4.69, 9.17) is 15.0 Å². The lowest BCUT2D eigenvalue weighted by molar-refractivity contribution is -0.134. The fourth-order valence-electron chi connectivity index (χ4n) is 1.71. The zero-order chi connectivity index (χ0) is 15.5. The fraction of sp³-hybridized carbons (Fsp3) is 0.471. The summed E-state index contributed by atoms with van der Waals surface area (Å²) in [6.45, 7) is 7.60. The Morgan fingerprint density at radius 3 is 2.20 bits per heavy atom. The van der Waals surface area contributed by atoms with Crippen molar-refractivity contribution in [3.05, 3.63) is 47.0 Å². The van der Waals surface area contributed by atoms with Crippen LogP contribution in [0.5, 0.6) is 0 Å². The van der Waals surface area contributed by atoms with Crippen molar-refractivity contribution in [3.8, 4) is 0 Å². The van der Waals surface area contributed by atoms with Crippen LogP contribution in [0.1, 0.15) is 50.7 Å². The zero-order valence-electron chi connectivity index (χ0n) is 12.9. The number of aliphatic hydroxyl groups is 1. The smallest absolute Gasteiger partial charge is 0.300 e. The molecular formula is C17H26O3. The van der Waals surface area contributed by atoms with Gasteiger partial charge in [-0.3, -0.25) is 4.79 Å². The van der Waals surface area contributed by atoms with E-state index in [2.05, 4.69) is 44.2 Å². The third-order valence-corrected chi connectivity index (χ3v) is 2.99. The quantitative estimate of drug-likeness (QED) is 0.803. The first kappa shape index (κ1) is 18.4. The Balaban J connectivity index is 0.000000796. The number of hydrogen-bond acceptors (Lipinski definition) is 2. The lowest BCUT2D eigenvalue weighted by Crippen LogP contribution is -1.93. The molecule has 1 rings (SSSR count). The van der Waals surface area contributed by atoms with Gasteiger partial charge in [0.2, 0.25) is 0 Å². The molecule has 0 aliphatic carbocycles. The number of carbonyl (C=O) groups is 1. The maximum Gasteiger partial charge on any atom is 0.300 e. The standard InChI is InChI=1S/C15H22O.C2H4O2/c1-12-7-9-15(10-8-12)14(3)6-4-5-13(2)11-16;1-2(3)4/h5,7-10,14,16H,4,6,11H2,1-3H3;1H3,(H,3,4)/t14-;/m0./s1. The predicted molar refractivity (Wildman–Crippen MR) is 83.0 cm³/mol. The monoisotopic (exact) mass is 278 g/mol. The number of benzene rings is 1. The minimum Gasteiger partial charge on any atom is -0.481 e. The van der Waals surface area contributed by atoms with Gasteiger partial charge in [-0.15, -0.1) is 0 Å². The minimum atomic E-state index is -0.833. The number of aryl methyl sites for hydroxylation is 1. The van der Waals surface area contributed by atoms with Crippen LogP contribution in [-0.4, -0.2) is 22.8 Å². The summed E-state index contributed by atoms with van der Waals surface area (Å²) in [5, 5.41) is 16.3. The third-order valence-electron chi connectivity index (χ3n) is 2.99. The molecule has 112 valence electrons. The van der Waals surface area contributed by atoms with Crippen LogP contribution in [0.15, 0.2) is 35.9 Å². The van der Waals surface area contributed by atoms with Gasteiger partial charge in [0.25, 0.3) is 5.97 Å². The van der Waals surface area contributed by atoms with Crippen LogP contribution in [-0.2, 0) is 4.79 Å². The topological polar surface area (TPSA) is 57.5 Å². The summed E-state index contributed by atoms with van der Waals surface area (Å²) in [5.74, 6) is -0.247. The van der Waals surface area contributed by atoms with Gasteiger partial charge in [-0.25, -0.2) is 0 Å². The van der Waals surface area contributed by atoms with Crippen molar-refractivity contribution >= 4 is 5.97 Å². The van der Waals surface area contributed by atoms with Gasteiger partial charge in [0, 0.05) is 6.92 Å². The summed E-state index contributed by atoms with van der Waals surface area (Å²) in [6, 6.07) is 8.76. The molecule has 3 nitrogen and oxygen atoms in total. The Kier molecular flexibility index (Phi) is 9.39. The molecule has 0 radical (unpaired) electrons. The number of carboxylic acids is 1. The predicted octanol–water partition coefficient (Wildman–Crippen LogP) is 3.91. The number of rotatable bonds is 5. The molecule has 0 fully saturated rings. The number of carboxylic acid groups (broad SMARTS) is 1. The van der Waals surface area contributed by atoms with Crippen molar-refractivity contribution in [2.24, 2.45) is 0 Å². The van der Waals surface area contributed by atoms with Crippen LogP contribution in [0, 0.1) is 6.92 Å². The van der Waals surface area contributed by atoms with Gasteiger partial charge in [0.15, 0.2) is 0 Å². The Hall–Kier alpha value is -1.61. The van der Waals surface area contributed by atoms with E-state index in [9.17, 15) is 0 Å². The average molecular weight is 278 g/mol. The van der Waals surface area contributed by atoms with Crippen LogP contribution in [0.3, 0.4) is 0 Å². The Bertz CT molecular complexity index is 414. The van der Waals surface area contributed by atoms with E-state index in [0.29, 0.717) is 5.92 Å². The van der Waals surface area contributed by atoms with Crippen molar-refractivity contribution in [1.82, 2.24) is 0 Å². The molecule has 1 atom stereocenters. The van der Waals surface area contributed by atoms with E-state index in [1.54, 1.807) is 0 Å². The molecule has 0 amide bonds. The molecule has 1 aromatic rings. The molecule has 0 saturated heterocycles. The number of aliphatic hydroxyl groups excluding tert-OH is 1. The molecule has 0 unspecified atom stereocenters. The van der Waals surface area contributed by atoms with Crippen LogP contribution < -0.4 is 0 Å². The van der Waals surface area contributed by atoms with Crippen molar-refractivity contribution < 1.29 is 15.0 Å². The van der Waals surface area contributed by atoms with Crippen molar-refractivity contribution in [3.63, 3.8) is 0 Å². The lowest BCUT2D eigenvalue weighted by atomic mass is 9.95. The second kappa shape index (κ2) is 10.2. The van der Waals surface area contributed by atoms with E-state index in [1.807, 2.05) is 6.92 Å². The Morgan fingerprint density at radius 2 is 1.75 bits per heavy atom. The van der Waals surface area contributed by atoms with E-state index < -0.39 is 5.97 Å². The van der Waals surface area contributed by atoms with Gasteiger partial charge < -0.3 is 10.2 Å². The molecule has 20 heavy (non-hydrogen) atoms. The highest BCUT2D eigenvalue weighted by Crippen LogP contribution is 2.21. The second-order valence-corrected chi connectivity index (χ2v) is 5.12. The first-order chi connectivity index (χ1) is 9.36. The van der Waals surface area contributed by atoms with E-state index in [0.717, 1.165) is 25.3 Å². The largest absolute Gasteiger partial charge is 0.481 e. The van der Waals surface area contributed by atoms with Gasteiger partial charge >= 0.3 is 0 Å².